The first kappa shape index (κ1) is 17.4. The number of hydrogen-bond acceptors (Lipinski definition) is 5. The Morgan fingerprint density at radius 2 is 2.09 bits per heavy atom. The predicted molar refractivity (Wildman–Crippen MR) is 85.5 cm³/mol. The Morgan fingerprint density at radius 1 is 1.36 bits per heavy atom. The van der Waals surface area contributed by atoms with Gasteiger partial charge in [-0.25, -0.2) is 4.79 Å². The van der Waals surface area contributed by atoms with Crippen molar-refractivity contribution in [2.24, 2.45) is 5.92 Å². The van der Waals surface area contributed by atoms with E-state index in [4.69, 9.17) is 4.74 Å². The summed E-state index contributed by atoms with van der Waals surface area (Å²) in [6.07, 6.45) is 1.16. The fourth-order valence-electron chi connectivity index (χ4n) is 2.93. The second-order valence-corrected chi connectivity index (χ2v) is 8.00. The molecule has 2 aliphatic rings. The first-order chi connectivity index (χ1) is 10.3. The highest BCUT2D eigenvalue weighted by molar-refractivity contribution is 7.99. The van der Waals surface area contributed by atoms with Crippen LogP contribution in [0.4, 0.5) is 4.79 Å². The molecule has 0 radical (unpaired) electrons. The van der Waals surface area contributed by atoms with E-state index in [0.717, 1.165) is 18.6 Å². The molecule has 0 aromatic carbocycles. The average Bonchev–Trinajstić information content (AvgIpc) is 3.04. The van der Waals surface area contributed by atoms with Crippen LogP contribution in [0.15, 0.2) is 0 Å². The van der Waals surface area contributed by atoms with Crippen LogP contribution in [0.5, 0.6) is 0 Å². The molecule has 0 spiro atoms. The summed E-state index contributed by atoms with van der Waals surface area (Å²) in [7, 11) is 0. The number of aliphatic hydroxyl groups is 1. The van der Waals surface area contributed by atoms with Crippen LogP contribution in [0.3, 0.4) is 0 Å². The van der Waals surface area contributed by atoms with Crippen LogP contribution in [-0.4, -0.2) is 57.9 Å². The van der Waals surface area contributed by atoms with E-state index in [0.29, 0.717) is 18.8 Å². The topological polar surface area (TPSA) is 78.9 Å². The number of aliphatic hydroxyl groups excluding tert-OH is 1. The van der Waals surface area contributed by atoms with Crippen molar-refractivity contribution < 1.29 is 19.4 Å². The third kappa shape index (κ3) is 4.52. The molecule has 2 fully saturated rings. The molecule has 1 aliphatic heterocycles. The lowest BCUT2D eigenvalue weighted by Gasteiger charge is -2.30. The Kier molecular flexibility index (Phi) is 5.60. The van der Waals surface area contributed by atoms with Gasteiger partial charge < -0.3 is 20.1 Å². The number of thioether (sulfide) groups is 1. The first-order valence-corrected chi connectivity index (χ1v) is 8.97. The SMILES string of the molecule is CC(C)(C)OC(=O)NC(C(=O)N1CCSC1)C1CCCC1O. The lowest BCUT2D eigenvalue weighted by molar-refractivity contribution is -0.134. The minimum absolute atomic E-state index is 0.109. The van der Waals surface area contributed by atoms with E-state index >= 15 is 0 Å². The fraction of sp³-hybridized carbons (Fsp3) is 0.867. The van der Waals surface area contributed by atoms with Crippen molar-refractivity contribution in [3.05, 3.63) is 0 Å². The number of amides is 2. The van der Waals surface area contributed by atoms with E-state index in [1.54, 1.807) is 37.4 Å². The summed E-state index contributed by atoms with van der Waals surface area (Å²) in [6, 6.07) is -0.703. The second kappa shape index (κ2) is 7.08. The van der Waals surface area contributed by atoms with Gasteiger partial charge in [0.15, 0.2) is 0 Å². The lowest BCUT2D eigenvalue weighted by Crippen LogP contribution is -2.54. The van der Waals surface area contributed by atoms with Crippen molar-refractivity contribution in [3.8, 4) is 0 Å². The molecule has 1 heterocycles. The Bertz CT molecular complexity index is 418. The third-order valence-corrected chi connectivity index (χ3v) is 4.93. The van der Waals surface area contributed by atoms with E-state index in [2.05, 4.69) is 5.32 Å². The Morgan fingerprint density at radius 3 is 2.59 bits per heavy atom. The van der Waals surface area contributed by atoms with Crippen LogP contribution in [0, 0.1) is 5.92 Å². The fourth-order valence-corrected chi connectivity index (χ4v) is 3.88. The number of nitrogens with one attached hydrogen (secondary N) is 1. The number of carbonyl (C=O) groups is 2. The molecule has 1 saturated carbocycles. The Labute approximate surface area is 136 Å². The molecule has 126 valence electrons. The van der Waals surface area contributed by atoms with Gasteiger partial charge in [0.25, 0.3) is 0 Å². The quantitative estimate of drug-likeness (QED) is 0.821. The molecule has 0 aromatic heterocycles. The molecule has 1 aliphatic carbocycles. The van der Waals surface area contributed by atoms with Gasteiger partial charge in [0.1, 0.15) is 11.6 Å². The highest BCUT2D eigenvalue weighted by atomic mass is 32.2. The number of carbonyl (C=O) groups excluding carboxylic acids is 2. The Balaban J connectivity index is 2.07. The number of ether oxygens (including phenoxy) is 1. The number of nitrogens with zero attached hydrogens (tertiary/aromatic N) is 1. The second-order valence-electron chi connectivity index (χ2n) is 6.93. The zero-order valence-electron chi connectivity index (χ0n) is 13.5. The maximum Gasteiger partial charge on any atom is 0.408 e. The van der Waals surface area contributed by atoms with Gasteiger partial charge in [-0.1, -0.05) is 6.42 Å². The first-order valence-electron chi connectivity index (χ1n) is 7.82. The van der Waals surface area contributed by atoms with Crippen LogP contribution in [0.2, 0.25) is 0 Å². The monoisotopic (exact) mass is 330 g/mol. The van der Waals surface area contributed by atoms with Crippen molar-refractivity contribution in [2.75, 3.05) is 18.2 Å². The molecule has 6 nitrogen and oxygen atoms in total. The van der Waals surface area contributed by atoms with Crippen molar-refractivity contribution in [1.82, 2.24) is 10.2 Å². The largest absolute Gasteiger partial charge is 0.444 e. The number of alkyl carbamates (subject to hydrolysis) is 1. The summed E-state index contributed by atoms with van der Waals surface area (Å²) in [5, 5.41) is 12.8. The van der Waals surface area contributed by atoms with E-state index in [-0.39, 0.29) is 11.8 Å². The van der Waals surface area contributed by atoms with Gasteiger partial charge in [-0.05, 0) is 33.6 Å². The van der Waals surface area contributed by atoms with Crippen LogP contribution < -0.4 is 5.32 Å². The predicted octanol–water partition coefficient (Wildman–Crippen LogP) is 1.57. The molecule has 1 saturated heterocycles. The molecule has 0 bridgehead atoms. The molecular formula is C15H26N2O4S. The van der Waals surface area contributed by atoms with Gasteiger partial charge in [-0.2, -0.15) is 0 Å². The molecule has 3 atom stereocenters. The molecule has 22 heavy (non-hydrogen) atoms. The molecule has 7 heteroatoms. The van der Waals surface area contributed by atoms with Gasteiger partial charge in [0.2, 0.25) is 5.91 Å². The lowest BCUT2D eigenvalue weighted by atomic mass is 9.95. The summed E-state index contributed by atoms with van der Waals surface area (Å²) >= 11 is 1.70. The highest BCUT2D eigenvalue weighted by Gasteiger charge is 2.40. The molecule has 2 rings (SSSR count). The summed E-state index contributed by atoms with van der Waals surface area (Å²) in [4.78, 5) is 26.5. The Hall–Kier alpha value is -0.950. The average molecular weight is 330 g/mol. The van der Waals surface area contributed by atoms with E-state index in [1.165, 1.54) is 0 Å². The minimum Gasteiger partial charge on any atom is -0.444 e. The standard InChI is InChI=1S/C15H26N2O4S/c1-15(2,3)21-14(20)16-12(10-5-4-6-11(10)18)13(19)17-7-8-22-9-17/h10-12,18H,4-9H2,1-3H3,(H,16,20). The normalized spacial score (nSPS) is 26.8. The van der Waals surface area contributed by atoms with E-state index in [1.807, 2.05) is 0 Å². The smallest absolute Gasteiger partial charge is 0.408 e. The molecular weight excluding hydrogens is 304 g/mol. The van der Waals surface area contributed by atoms with Crippen molar-refractivity contribution in [3.63, 3.8) is 0 Å². The third-order valence-electron chi connectivity index (χ3n) is 3.96. The van der Waals surface area contributed by atoms with Crippen molar-refractivity contribution in [2.45, 2.75) is 57.8 Å². The zero-order chi connectivity index (χ0) is 16.3. The van der Waals surface area contributed by atoms with Crippen LogP contribution >= 0.6 is 11.8 Å². The van der Waals surface area contributed by atoms with E-state index in [9.17, 15) is 14.7 Å². The van der Waals surface area contributed by atoms with Gasteiger partial charge in [-0.15, -0.1) is 11.8 Å². The van der Waals surface area contributed by atoms with Crippen molar-refractivity contribution >= 4 is 23.8 Å². The highest BCUT2D eigenvalue weighted by Crippen LogP contribution is 2.30. The molecule has 3 unspecified atom stereocenters. The maximum atomic E-state index is 12.7. The van der Waals surface area contributed by atoms with Crippen LogP contribution in [0.1, 0.15) is 40.0 Å². The van der Waals surface area contributed by atoms with Gasteiger partial charge in [-0.3, -0.25) is 4.79 Å². The maximum absolute atomic E-state index is 12.7. The number of rotatable bonds is 3. The minimum atomic E-state index is -0.703. The molecule has 2 N–H and O–H groups in total. The molecule has 0 aromatic rings. The molecule has 2 amide bonds. The van der Waals surface area contributed by atoms with E-state index < -0.39 is 23.8 Å². The van der Waals surface area contributed by atoms with Crippen molar-refractivity contribution in [1.29, 1.82) is 0 Å². The van der Waals surface area contributed by atoms with Crippen LogP contribution in [0.25, 0.3) is 0 Å². The van der Waals surface area contributed by atoms with Gasteiger partial charge >= 0.3 is 6.09 Å². The summed E-state index contributed by atoms with van der Waals surface area (Å²) in [5.41, 5.74) is -0.616. The number of hydrogen-bond donors (Lipinski definition) is 2. The summed E-state index contributed by atoms with van der Waals surface area (Å²) < 4.78 is 5.27. The van der Waals surface area contributed by atoms with Crippen LogP contribution in [-0.2, 0) is 9.53 Å². The zero-order valence-corrected chi connectivity index (χ0v) is 14.3. The van der Waals surface area contributed by atoms with Gasteiger partial charge in [0.05, 0.1) is 12.0 Å². The summed E-state index contributed by atoms with van der Waals surface area (Å²) in [5.74, 6) is 1.22. The van der Waals surface area contributed by atoms with Gasteiger partial charge in [0, 0.05) is 18.2 Å². The summed E-state index contributed by atoms with van der Waals surface area (Å²) in [6.45, 7) is 6.04.